The molecule has 0 bridgehead atoms. The van der Waals surface area contributed by atoms with E-state index in [1.54, 1.807) is 15.9 Å². The van der Waals surface area contributed by atoms with Gasteiger partial charge in [-0.05, 0) is 18.6 Å². The van der Waals surface area contributed by atoms with Crippen molar-refractivity contribution >= 4 is 17.7 Å². The zero-order chi connectivity index (χ0) is 19.9. The molecule has 8 nitrogen and oxygen atoms in total. The monoisotopic (exact) mass is 381 g/mol. The SMILES string of the molecule is Cc1ccccc1C(=O)NCCC(=O)N1CCN(C(=O)c2cnccn2)CC1. The molecule has 0 spiro atoms. The Bertz CT molecular complexity index is 848. The van der Waals surface area contributed by atoms with Gasteiger partial charge in [-0.25, -0.2) is 4.98 Å². The van der Waals surface area contributed by atoms with Crippen molar-refractivity contribution in [1.82, 2.24) is 25.1 Å². The van der Waals surface area contributed by atoms with Gasteiger partial charge in [-0.15, -0.1) is 0 Å². The largest absolute Gasteiger partial charge is 0.352 e. The Kier molecular flexibility index (Phi) is 6.31. The molecule has 146 valence electrons. The number of amides is 3. The quantitative estimate of drug-likeness (QED) is 0.830. The molecule has 1 aromatic carbocycles. The average Bonchev–Trinajstić information content (AvgIpc) is 2.74. The summed E-state index contributed by atoms with van der Waals surface area (Å²) in [6.45, 7) is 4.01. The lowest BCUT2D eigenvalue weighted by atomic mass is 10.1. The molecule has 1 fully saturated rings. The molecule has 3 rings (SSSR count). The standard InChI is InChI=1S/C20H23N5O3/c1-15-4-2-3-5-16(15)19(27)23-7-6-18(26)24-10-12-25(13-11-24)20(28)17-14-21-8-9-22-17/h2-5,8-9,14H,6-7,10-13H2,1H3,(H,23,27). The van der Waals surface area contributed by atoms with Crippen LogP contribution in [0, 0.1) is 6.92 Å². The van der Waals surface area contributed by atoms with E-state index in [-0.39, 0.29) is 30.7 Å². The lowest BCUT2D eigenvalue weighted by Gasteiger charge is -2.34. The number of aryl methyl sites for hydroxylation is 1. The minimum Gasteiger partial charge on any atom is -0.352 e. The lowest BCUT2D eigenvalue weighted by Crippen LogP contribution is -2.51. The summed E-state index contributed by atoms with van der Waals surface area (Å²) in [5, 5.41) is 2.79. The Morgan fingerprint density at radius 3 is 2.43 bits per heavy atom. The molecular formula is C20H23N5O3. The Morgan fingerprint density at radius 2 is 1.75 bits per heavy atom. The number of benzene rings is 1. The van der Waals surface area contributed by atoms with Gasteiger partial charge in [0.25, 0.3) is 11.8 Å². The van der Waals surface area contributed by atoms with E-state index in [2.05, 4.69) is 15.3 Å². The summed E-state index contributed by atoms with van der Waals surface area (Å²) >= 11 is 0. The van der Waals surface area contributed by atoms with Crippen LogP contribution in [0.2, 0.25) is 0 Å². The molecule has 0 radical (unpaired) electrons. The molecule has 2 heterocycles. The van der Waals surface area contributed by atoms with E-state index < -0.39 is 0 Å². The molecule has 3 amide bonds. The van der Waals surface area contributed by atoms with Crippen molar-refractivity contribution in [2.24, 2.45) is 0 Å². The second-order valence-electron chi connectivity index (χ2n) is 6.58. The molecule has 1 aliphatic rings. The van der Waals surface area contributed by atoms with Crippen molar-refractivity contribution < 1.29 is 14.4 Å². The van der Waals surface area contributed by atoms with Crippen LogP contribution in [0.3, 0.4) is 0 Å². The first-order valence-corrected chi connectivity index (χ1v) is 9.23. The van der Waals surface area contributed by atoms with E-state index >= 15 is 0 Å². The van der Waals surface area contributed by atoms with Crippen LogP contribution in [0.4, 0.5) is 0 Å². The number of aromatic nitrogens is 2. The molecule has 28 heavy (non-hydrogen) atoms. The normalized spacial score (nSPS) is 13.9. The molecule has 0 saturated carbocycles. The Balaban J connectivity index is 1.42. The molecule has 0 atom stereocenters. The van der Waals surface area contributed by atoms with Crippen molar-refractivity contribution in [2.45, 2.75) is 13.3 Å². The third-order valence-corrected chi connectivity index (χ3v) is 4.72. The van der Waals surface area contributed by atoms with Crippen LogP contribution in [0.5, 0.6) is 0 Å². The van der Waals surface area contributed by atoms with Crippen LogP contribution in [0.25, 0.3) is 0 Å². The third kappa shape index (κ3) is 4.70. The van der Waals surface area contributed by atoms with Crippen molar-refractivity contribution in [3.8, 4) is 0 Å². The van der Waals surface area contributed by atoms with Gasteiger partial charge in [0.05, 0.1) is 6.20 Å². The summed E-state index contributed by atoms with van der Waals surface area (Å²) in [4.78, 5) is 48.2. The number of carbonyl (C=O) groups excluding carboxylic acids is 3. The van der Waals surface area contributed by atoms with Gasteiger partial charge in [0.15, 0.2) is 0 Å². The fourth-order valence-electron chi connectivity index (χ4n) is 3.09. The fourth-order valence-corrected chi connectivity index (χ4v) is 3.09. The molecule has 1 saturated heterocycles. The van der Waals surface area contributed by atoms with Crippen LogP contribution in [-0.4, -0.2) is 70.2 Å². The summed E-state index contributed by atoms with van der Waals surface area (Å²) in [5.74, 6) is -0.382. The second kappa shape index (κ2) is 9.07. The minimum absolute atomic E-state index is 0.0308. The third-order valence-electron chi connectivity index (χ3n) is 4.72. The van der Waals surface area contributed by atoms with Gasteiger partial charge in [0.2, 0.25) is 5.91 Å². The zero-order valence-electron chi connectivity index (χ0n) is 15.8. The van der Waals surface area contributed by atoms with Crippen LogP contribution >= 0.6 is 0 Å². The van der Waals surface area contributed by atoms with E-state index in [0.717, 1.165) is 5.56 Å². The average molecular weight is 381 g/mol. The maximum atomic E-state index is 12.4. The number of rotatable bonds is 5. The zero-order valence-corrected chi connectivity index (χ0v) is 15.8. The molecule has 1 aromatic heterocycles. The number of hydrogen-bond acceptors (Lipinski definition) is 5. The van der Waals surface area contributed by atoms with Gasteiger partial charge >= 0.3 is 0 Å². The summed E-state index contributed by atoms with van der Waals surface area (Å²) in [5.41, 5.74) is 1.82. The smallest absolute Gasteiger partial charge is 0.274 e. The highest BCUT2D eigenvalue weighted by atomic mass is 16.2. The Hall–Kier alpha value is -3.29. The molecular weight excluding hydrogens is 358 g/mol. The van der Waals surface area contributed by atoms with Crippen LogP contribution in [-0.2, 0) is 4.79 Å². The Labute approximate surface area is 163 Å². The first-order chi connectivity index (χ1) is 13.6. The van der Waals surface area contributed by atoms with Crippen molar-refractivity contribution in [2.75, 3.05) is 32.7 Å². The van der Waals surface area contributed by atoms with E-state index in [4.69, 9.17) is 0 Å². The van der Waals surface area contributed by atoms with E-state index in [0.29, 0.717) is 37.4 Å². The number of piperazine rings is 1. The molecule has 0 unspecified atom stereocenters. The van der Waals surface area contributed by atoms with Gasteiger partial charge in [0, 0.05) is 57.1 Å². The topological polar surface area (TPSA) is 95.5 Å². The summed E-state index contributed by atoms with van der Waals surface area (Å²) < 4.78 is 0. The van der Waals surface area contributed by atoms with Crippen molar-refractivity contribution in [3.63, 3.8) is 0 Å². The molecule has 0 aliphatic carbocycles. The number of hydrogen-bond donors (Lipinski definition) is 1. The van der Waals surface area contributed by atoms with Crippen molar-refractivity contribution in [3.05, 3.63) is 59.7 Å². The number of nitrogens with zero attached hydrogens (tertiary/aromatic N) is 4. The van der Waals surface area contributed by atoms with E-state index in [9.17, 15) is 14.4 Å². The Morgan fingerprint density at radius 1 is 1.04 bits per heavy atom. The van der Waals surface area contributed by atoms with Gasteiger partial charge < -0.3 is 15.1 Å². The van der Waals surface area contributed by atoms with Crippen molar-refractivity contribution in [1.29, 1.82) is 0 Å². The fraction of sp³-hybridized carbons (Fsp3) is 0.350. The first-order valence-electron chi connectivity index (χ1n) is 9.23. The highest BCUT2D eigenvalue weighted by Crippen LogP contribution is 2.08. The summed E-state index contributed by atoms with van der Waals surface area (Å²) in [6.07, 6.45) is 4.68. The van der Waals surface area contributed by atoms with E-state index in [1.165, 1.54) is 18.6 Å². The highest BCUT2D eigenvalue weighted by Gasteiger charge is 2.25. The molecule has 8 heteroatoms. The second-order valence-corrected chi connectivity index (χ2v) is 6.58. The summed E-state index contributed by atoms with van der Waals surface area (Å²) in [6, 6.07) is 7.33. The van der Waals surface area contributed by atoms with Crippen LogP contribution in [0.15, 0.2) is 42.9 Å². The predicted molar refractivity (Wildman–Crippen MR) is 103 cm³/mol. The molecule has 1 N–H and O–H groups in total. The van der Waals surface area contributed by atoms with E-state index in [1.807, 2.05) is 25.1 Å². The van der Waals surface area contributed by atoms with Gasteiger partial charge in [-0.3, -0.25) is 19.4 Å². The number of carbonyl (C=O) groups is 3. The van der Waals surface area contributed by atoms with Crippen LogP contribution < -0.4 is 5.32 Å². The highest BCUT2D eigenvalue weighted by molar-refractivity contribution is 5.95. The minimum atomic E-state index is -0.176. The maximum Gasteiger partial charge on any atom is 0.274 e. The van der Waals surface area contributed by atoms with Gasteiger partial charge in [0.1, 0.15) is 5.69 Å². The van der Waals surface area contributed by atoms with Gasteiger partial charge in [-0.1, -0.05) is 18.2 Å². The lowest BCUT2D eigenvalue weighted by molar-refractivity contribution is -0.132. The maximum absolute atomic E-state index is 12.4. The first kappa shape index (κ1) is 19.5. The van der Waals surface area contributed by atoms with Gasteiger partial charge in [-0.2, -0.15) is 0 Å². The van der Waals surface area contributed by atoms with Crippen LogP contribution in [0.1, 0.15) is 32.8 Å². The summed E-state index contributed by atoms with van der Waals surface area (Å²) in [7, 11) is 0. The number of nitrogens with one attached hydrogen (secondary N) is 1. The predicted octanol–water partition coefficient (Wildman–Crippen LogP) is 0.890. The molecule has 2 aromatic rings. The molecule has 1 aliphatic heterocycles.